The minimum atomic E-state index is -4.78. The lowest BCUT2D eigenvalue weighted by molar-refractivity contribution is -0.141. The van der Waals surface area contributed by atoms with E-state index in [0.29, 0.717) is 38.0 Å². The molecule has 172 valence electrons. The van der Waals surface area contributed by atoms with Crippen molar-refractivity contribution in [1.29, 1.82) is 0 Å². The van der Waals surface area contributed by atoms with Crippen LogP contribution in [0.2, 0.25) is 0 Å². The predicted molar refractivity (Wildman–Crippen MR) is 107 cm³/mol. The van der Waals surface area contributed by atoms with Crippen LogP contribution in [0.1, 0.15) is 64.1 Å². The molecule has 2 aliphatic heterocycles. The Morgan fingerprint density at radius 3 is 2.44 bits per heavy atom. The Bertz CT molecular complexity index is 1050. The third-order valence-corrected chi connectivity index (χ3v) is 6.45. The first-order valence-electron chi connectivity index (χ1n) is 10.5. The molecule has 1 saturated heterocycles. The molecule has 0 spiro atoms. The minimum Gasteiger partial charge on any atom is -0.337 e. The van der Waals surface area contributed by atoms with Gasteiger partial charge in [-0.2, -0.15) is 18.3 Å². The fraction of sp³-hybridized carbons (Fsp3) is 0.500. The number of aromatic nitrogens is 2. The maximum absolute atomic E-state index is 14.3. The van der Waals surface area contributed by atoms with Crippen molar-refractivity contribution in [2.24, 2.45) is 0 Å². The quantitative estimate of drug-likeness (QED) is 0.705. The largest absolute Gasteiger partial charge is 0.419 e. The monoisotopic (exact) mass is 452 g/mol. The number of hydrogen-bond donors (Lipinski definition) is 1. The van der Waals surface area contributed by atoms with Crippen molar-refractivity contribution in [2.45, 2.75) is 51.7 Å². The van der Waals surface area contributed by atoms with Gasteiger partial charge in [-0.3, -0.25) is 14.7 Å². The number of aryl methyl sites for hydroxylation is 1. The molecule has 0 radical (unpaired) electrons. The third kappa shape index (κ3) is 3.98. The van der Waals surface area contributed by atoms with Crippen LogP contribution in [0.4, 0.5) is 17.6 Å². The molecule has 32 heavy (non-hydrogen) atoms. The van der Waals surface area contributed by atoms with Gasteiger partial charge < -0.3 is 9.80 Å². The average molecular weight is 452 g/mol. The molecule has 4 rings (SSSR count). The van der Waals surface area contributed by atoms with Gasteiger partial charge in [-0.1, -0.05) is 12.1 Å². The molecule has 3 heterocycles. The first-order chi connectivity index (χ1) is 15.1. The molecule has 6 nitrogen and oxygen atoms in total. The Morgan fingerprint density at radius 2 is 1.81 bits per heavy atom. The van der Waals surface area contributed by atoms with Gasteiger partial charge in [-0.25, -0.2) is 4.39 Å². The summed E-state index contributed by atoms with van der Waals surface area (Å²) in [6, 6.07) is 2.73. The summed E-state index contributed by atoms with van der Waals surface area (Å²) in [6.45, 7) is 4.20. The molecule has 0 saturated carbocycles. The number of fused-ring (bicyclic) bond motifs is 1. The van der Waals surface area contributed by atoms with Crippen LogP contribution in [0.5, 0.6) is 0 Å². The van der Waals surface area contributed by atoms with E-state index in [1.54, 1.807) is 9.80 Å². The Balaban J connectivity index is 1.49. The number of rotatable bonds is 2. The van der Waals surface area contributed by atoms with E-state index in [1.165, 1.54) is 26.0 Å². The van der Waals surface area contributed by atoms with E-state index >= 15 is 0 Å². The third-order valence-electron chi connectivity index (χ3n) is 6.45. The van der Waals surface area contributed by atoms with Gasteiger partial charge in [-0.15, -0.1) is 0 Å². The van der Waals surface area contributed by atoms with Crippen LogP contribution in [-0.4, -0.2) is 51.4 Å². The number of piperidine rings is 1. The number of likely N-dealkylation sites (tertiary alicyclic amines) is 1. The zero-order chi connectivity index (χ0) is 23.2. The molecule has 0 bridgehead atoms. The zero-order valence-electron chi connectivity index (χ0n) is 17.9. The molecule has 10 heteroatoms. The molecule has 1 N–H and O–H groups in total. The van der Waals surface area contributed by atoms with Gasteiger partial charge in [-0.05, 0) is 43.2 Å². The Hall–Kier alpha value is -2.91. The highest BCUT2D eigenvalue weighted by Gasteiger charge is 2.40. The number of nitrogens with one attached hydrogen (secondary N) is 1. The van der Waals surface area contributed by atoms with Crippen molar-refractivity contribution in [3.63, 3.8) is 0 Å². The van der Waals surface area contributed by atoms with E-state index in [-0.39, 0.29) is 36.0 Å². The highest BCUT2D eigenvalue weighted by atomic mass is 19.4. The fourth-order valence-corrected chi connectivity index (χ4v) is 4.63. The number of nitrogens with zero attached hydrogens (tertiary/aromatic N) is 3. The molecule has 0 atom stereocenters. The first kappa shape index (κ1) is 22.3. The number of carbonyl (C=O) groups excluding carboxylic acids is 2. The molecule has 1 aromatic heterocycles. The first-order valence-corrected chi connectivity index (χ1v) is 10.5. The van der Waals surface area contributed by atoms with Crippen molar-refractivity contribution in [3.8, 4) is 0 Å². The molecule has 1 aromatic carbocycles. The summed E-state index contributed by atoms with van der Waals surface area (Å²) in [7, 11) is 0. The smallest absolute Gasteiger partial charge is 0.337 e. The fourth-order valence-electron chi connectivity index (χ4n) is 4.63. The van der Waals surface area contributed by atoms with E-state index in [2.05, 4.69) is 10.2 Å². The number of amides is 2. The topological polar surface area (TPSA) is 69.3 Å². The summed E-state index contributed by atoms with van der Waals surface area (Å²) in [5, 5.41) is 7.00. The van der Waals surface area contributed by atoms with Crippen molar-refractivity contribution >= 4 is 11.8 Å². The van der Waals surface area contributed by atoms with E-state index < -0.39 is 23.5 Å². The van der Waals surface area contributed by atoms with E-state index in [1.807, 2.05) is 0 Å². The van der Waals surface area contributed by atoms with E-state index in [4.69, 9.17) is 0 Å². The normalized spacial score (nSPS) is 17.4. The van der Waals surface area contributed by atoms with Crippen LogP contribution in [-0.2, 0) is 23.9 Å². The molecule has 0 unspecified atom stereocenters. The van der Waals surface area contributed by atoms with Crippen LogP contribution in [0.25, 0.3) is 0 Å². The highest BCUT2D eigenvalue weighted by Crippen LogP contribution is 2.41. The van der Waals surface area contributed by atoms with Crippen LogP contribution < -0.4 is 0 Å². The number of hydrogen-bond acceptors (Lipinski definition) is 3. The number of benzene rings is 1. The predicted octanol–water partition coefficient (Wildman–Crippen LogP) is 3.80. The standard InChI is InChI=1S/C22H24F4N4O2/c1-12-3-4-15(18(19(12)23)22(24,25)26)14-5-8-29(9-6-14)21(32)20-16-7-10-30(13(2)31)11-17(16)27-28-20/h3-4,14H,5-11H2,1-2H3,(H,27,28). The zero-order valence-corrected chi connectivity index (χ0v) is 17.9. The SMILES string of the molecule is CC(=O)N1CCc2c(C(=O)N3CCC(c4ccc(C)c(F)c4C(F)(F)F)CC3)n[nH]c2C1. The summed E-state index contributed by atoms with van der Waals surface area (Å²) < 4.78 is 54.9. The number of halogens is 4. The second kappa shape index (κ2) is 8.22. The van der Waals surface area contributed by atoms with Crippen molar-refractivity contribution in [3.05, 3.63) is 51.6 Å². The van der Waals surface area contributed by atoms with Crippen LogP contribution in [0.3, 0.4) is 0 Å². The minimum absolute atomic E-state index is 0.0414. The summed E-state index contributed by atoms with van der Waals surface area (Å²) in [4.78, 5) is 27.9. The highest BCUT2D eigenvalue weighted by molar-refractivity contribution is 5.94. The Morgan fingerprint density at radius 1 is 1.12 bits per heavy atom. The summed E-state index contributed by atoms with van der Waals surface area (Å²) in [5.74, 6) is -2.03. The van der Waals surface area contributed by atoms with Crippen LogP contribution in [0, 0.1) is 12.7 Å². The summed E-state index contributed by atoms with van der Waals surface area (Å²) >= 11 is 0. The molecular weight excluding hydrogens is 428 g/mol. The molecule has 2 aliphatic rings. The van der Waals surface area contributed by atoms with Gasteiger partial charge in [0.15, 0.2) is 5.69 Å². The Labute approximate surface area is 182 Å². The Kier molecular flexibility index (Phi) is 5.72. The van der Waals surface area contributed by atoms with Gasteiger partial charge in [0.2, 0.25) is 5.91 Å². The lowest BCUT2D eigenvalue weighted by Gasteiger charge is -2.33. The second-order valence-electron chi connectivity index (χ2n) is 8.44. The molecule has 2 amide bonds. The van der Waals surface area contributed by atoms with Crippen LogP contribution in [0.15, 0.2) is 12.1 Å². The summed E-state index contributed by atoms with van der Waals surface area (Å²) in [6.07, 6.45) is -3.65. The summed E-state index contributed by atoms with van der Waals surface area (Å²) in [5.41, 5.74) is 0.538. The van der Waals surface area contributed by atoms with Crippen molar-refractivity contribution in [2.75, 3.05) is 19.6 Å². The number of aromatic amines is 1. The van der Waals surface area contributed by atoms with Crippen molar-refractivity contribution < 1.29 is 27.2 Å². The molecule has 2 aromatic rings. The van der Waals surface area contributed by atoms with Gasteiger partial charge in [0, 0.05) is 32.1 Å². The van der Waals surface area contributed by atoms with E-state index in [0.717, 1.165) is 11.3 Å². The maximum Gasteiger partial charge on any atom is 0.419 e. The van der Waals surface area contributed by atoms with Crippen molar-refractivity contribution in [1.82, 2.24) is 20.0 Å². The van der Waals surface area contributed by atoms with E-state index in [9.17, 15) is 27.2 Å². The van der Waals surface area contributed by atoms with Gasteiger partial charge in [0.25, 0.3) is 5.91 Å². The maximum atomic E-state index is 14.3. The number of H-pyrrole nitrogens is 1. The molecule has 0 aliphatic carbocycles. The number of carbonyl (C=O) groups is 2. The second-order valence-corrected chi connectivity index (χ2v) is 8.44. The number of alkyl halides is 3. The lowest BCUT2D eigenvalue weighted by Crippen LogP contribution is -2.39. The van der Waals surface area contributed by atoms with Gasteiger partial charge in [0.05, 0.1) is 17.8 Å². The van der Waals surface area contributed by atoms with Gasteiger partial charge in [0.1, 0.15) is 5.82 Å². The van der Waals surface area contributed by atoms with Crippen LogP contribution >= 0.6 is 0 Å². The molecule has 1 fully saturated rings. The lowest BCUT2D eigenvalue weighted by atomic mass is 9.85. The van der Waals surface area contributed by atoms with Gasteiger partial charge >= 0.3 is 6.18 Å². The molecular formula is C22H24F4N4O2. The average Bonchev–Trinajstić information content (AvgIpc) is 3.17.